The number of rotatable bonds is 3. The SMILES string of the molecule is Cc1cccc(CNC(=O)c2ccc3c(=O)[nH]c(=S)[nH]c3c2)c1. The van der Waals surface area contributed by atoms with Crippen LogP contribution < -0.4 is 10.9 Å². The minimum atomic E-state index is -0.268. The highest BCUT2D eigenvalue weighted by Gasteiger charge is 2.08. The Morgan fingerprint density at radius 3 is 2.78 bits per heavy atom. The van der Waals surface area contributed by atoms with E-state index in [0.29, 0.717) is 23.0 Å². The Kier molecular flexibility index (Phi) is 4.08. The molecule has 0 saturated heterocycles. The summed E-state index contributed by atoms with van der Waals surface area (Å²) in [5.74, 6) is -0.201. The number of carbonyl (C=O) groups excluding carboxylic acids is 1. The monoisotopic (exact) mass is 325 g/mol. The molecule has 5 nitrogen and oxygen atoms in total. The smallest absolute Gasteiger partial charge is 0.259 e. The first-order valence-corrected chi connectivity index (χ1v) is 7.54. The standard InChI is InChI=1S/C17H15N3O2S/c1-10-3-2-4-11(7-10)9-18-15(21)12-5-6-13-14(8-12)19-17(23)20-16(13)22/h2-8H,9H2,1H3,(H,18,21)(H2,19,20,22,23). The molecular formula is C17H15N3O2S. The molecule has 0 radical (unpaired) electrons. The molecule has 3 N–H and O–H groups in total. The molecule has 0 aliphatic rings. The van der Waals surface area contributed by atoms with E-state index in [-0.39, 0.29) is 16.2 Å². The van der Waals surface area contributed by atoms with E-state index < -0.39 is 0 Å². The maximum absolute atomic E-state index is 12.3. The molecule has 0 atom stereocenters. The number of hydrogen-bond acceptors (Lipinski definition) is 3. The van der Waals surface area contributed by atoms with Crippen molar-refractivity contribution in [3.05, 3.63) is 74.3 Å². The molecule has 0 saturated carbocycles. The number of aromatic nitrogens is 2. The van der Waals surface area contributed by atoms with Crippen molar-refractivity contribution in [3.63, 3.8) is 0 Å². The van der Waals surface area contributed by atoms with Crippen LogP contribution in [-0.2, 0) is 6.54 Å². The third kappa shape index (κ3) is 3.37. The van der Waals surface area contributed by atoms with E-state index >= 15 is 0 Å². The number of H-pyrrole nitrogens is 2. The quantitative estimate of drug-likeness (QED) is 0.648. The van der Waals surface area contributed by atoms with E-state index in [4.69, 9.17) is 12.2 Å². The molecule has 1 aromatic heterocycles. The highest BCUT2D eigenvalue weighted by Crippen LogP contribution is 2.10. The van der Waals surface area contributed by atoms with Crippen molar-refractivity contribution in [2.75, 3.05) is 0 Å². The fourth-order valence-electron chi connectivity index (χ4n) is 2.42. The topological polar surface area (TPSA) is 77.8 Å². The first-order valence-electron chi connectivity index (χ1n) is 7.13. The first-order chi connectivity index (χ1) is 11.0. The van der Waals surface area contributed by atoms with Crippen molar-refractivity contribution in [1.29, 1.82) is 0 Å². The van der Waals surface area contributed by atoms with Crippen molar-refractivity contribution in [2.24, 2.45) is 0 Å². The van der Waals surface area contributed by atoms with Gasteiger partial charge in [0.1, 0.15) is 0 Å². The average Bonchev–Trinajstić information content (AvgIpc) is 2.52. The molecule has 3 rings (SSSR count). The molecule has 0 spiro atoms. The van der Waals surface area contributed by atoms with Gasteiger partial charge in [0.15, 0.2) is 4.77 Å². The van der Waals surface area contributed by atoms with Gasteiger partial charge < -0.3 is 10.3 Å². The molecular weight excluding hydrogens is 310 g/mol. The summed E-state index contributed by atoms with van der Waals surface area (Å²) in [6.07, 6.45) is 0. The van der Waals surface area contributed by atoms with Gasteiger partial charge in [-0.05, 0) is 42.9 Å². The lowest BCUT2D eigenvalue weighted by atomic mass is 10.1. The van der Waals surface area contributed by atoms with Gasteiger partial charge in [0.25, 0.3) is 11.5 Å². The molecule has 23 heavy (non-hydrogen) atoms. The van der Waals surface area contributed by atoms with Crippen LogP contribution in [0.1, 0.15) is 21.5 Å². The molecule has 3 aromatic rings. The Hall–Kier alpha value is -2.73. The Morgan fingerprint density at radius 2 is 2.00 bits per heavy atom. The van der Waals surface area contributed by atoms with Crippen molar-refractivity contribution >= 4 is 29.0 Å². The minimum Gasteiger partial charge on any atom is -0.348 e. The third-order valence-corrected chi connectivity index (χ3v) is 3.74. The van der Waals surface area contributed by atoms with E-state index in [1.165, 1.54) is 0 Å². The van der Waals surface area contributed by atoms with Crippen LogP contribution in [0, 0.1) is 11.7 Å². The van der Waals surface area contributed by atoms with Crippen molar-refractivity contribution in [2.45, 2.75) is 13.5 Å². The predicted octanol–water partition coefficient (Wildman–Crippen LogP) is 2.82. The number of aryl methyl sites for hydroxylation is 1. The summed E-state index contributed by atoms with van der Waals surface area (Å²) in [5.41, 5.74) is 2.93. The lowest BCUT2D eigenvalue weighted by Crippen LogP contribution is -2.23. The Balaban J connectivity index is 1.83. The summed E-state index contributed by atoms with van der Waals surface area (Å²) in [6, 6.07) is 12.8. The summed E-state index contributed by atoms with van der Waals surface area (Å²) in [7, 11) is 0. The van der Waals surface area contributed by atoms with Crippen molar-refractivity contribution in [3.8, 4) is 0 Å². The van der Waals surface area contributed by atoms with Gasteiger partial charge in [-0.25, -0.2) is 0 Å². The van der Waals surface area contributed by atoms with Gasteiger partial charge >= 0.3 is 0 Å². The highest BCUT2D eigenvalue weighted by atomic mass is 32.1. The van der Waals surface area contributed by atoms with E-state index in [9.17, 15) is 9.59 Å². The van der Waals surface area contributed by atoms with Gasteiger partial charge in [0.05, 0.1) is 10.9 Å². The molecule has 0 aliphatic heterocycles. The number of carbonyl (C=O) groups is 1. The van der Waals surface area contributed by atoms with Gasteiger partial charge in [-0.15, -0.1) is 0 Å². The van der Waals surface area contributed by atoms with Crippen LogP contribution in [-0.4, -0.2) is 15.9 Å². The second-order valence-corrected chi connectivity index (χ2v) is 5.75. The predicted molar refractivity (Wildman–Crippen MR) is 92.1 cm³/mol. The fourth-order valence-corrected chi connectivity index (χ4v) is 2.62. The second kappa shape index (κ2) is 6.18. The van der Waals surface area contributed by atoms with Gasteiger partial charge in [0, 0.05) is 12.1 Å². The summed E-state index contributed by atoms with van der Waals surface area (Å²) in [5, 5.41) is 3.34. The zero-order valence-electron chi connectivity index (χ0n) is 12.5. The largest absolute Gasteiger partial charge is 0.348 e. The van der Waals surface area contributed by atoms with E-state index in [1.807, 2.05) is 31.2 Å². The van der Waals surface area contributed by atoms with Crippen molar-refractivity contribution < 1.29 is 4.79 Å². The van der Waals surface area contributed by atoms with Crippen LogP contribution in [0.25, 0.3) is 10.9 Å². The Bertz CT molecular complexity index is 1000. The van der Waals surface area contributed by atoms with Crippen LogP contribution in [0.5, 0.6) is 0 Å². The van der Waals surface area contributed by atoms with Gasteiger partial charge in [0.2, 0.25) is 0 Å². The van der Waals surface area contributed by atoms with E-state index in [0.717, 1.165) is 11.1 Å². The summed E-state index contributed by atoms with van der Waals surface area (Å²) in [4.78, 5) is 29.5. The Labute approximate surface area is 137 Å². The number of aromatic amines is 2. The van der Waals surface area contributed by atoms with E-state index in [1.54, 1.807) is 18.2 Å². The molecule has 0 bridgehead atoms. The molecule has 0 unspecified atom stereocenters. The molecule has 116 valence electrons. The van der Waals surface area contributed by atoms with Gasteiger partial charge in [-0.2, -0.15) is 0 Å². The maximum Gasteiger partial charge on any atom is 0.259 e. The van der Waals surface area contributed by atoms with Gasteiger partial charge in [-0.3, -0.25) is 14.6 Å². The third-order valence-electron chi connectivity index (χ3n) is 3.54. The zero-order chi connectivity index (χ0) is 16.4. The minimum absolute atomic E-state index is 0.201. The Morgan fingerprint density at radius 1 is 1.17 bits per heavy atom. The molecule has 2 aromatic carbocycles. The number of amides is 1. The average molecular weight is 325 g/mol. The number of fused-ring (bicyclic) bond motifs is 1. The number of nitrogens with one attached hydrogen (secondary N) is 3. The molecule has 0 fully saturated rings. The fraction of sp³-hybridized carbons (Fsp3) is 0.118. The molecule has 0 aliphatic carbocycles. The summed E-state index contributed by atoms with van der Waals surface area (Å²) < 4.78 is 0.236. The lowest BCUT2D eigenvalue weighted by Gasteiger charge is -2.07. The second-order valence-electron chi connectivity index (χ2n) is 5.34. The van der Waals surface area contributed by atoms with Gasteiger partial charge in [-0.1, -0.05) is 29.8 Å². The first kappa shape index (κ1) is 15.2. The summed E-state index contributed by atoms with van der Waals surface area (Å²) in [6.45, 7) is 2.46. The normalized spacial score (nSPS) is 10.7. The molecule has 6 heteroatoms. The van der Waals surface area contributed by atoms with Crippen LogP contribution in [0.4, 0.5) is 0 Å². The lowest BCUT2D eigenvalue weighted by molar-refractivity contribution is 0.0951. The molecule has 1 amide bonds. The summed E-state index contributed by atoms with van der Waals surface area (Å²) >= 11 is 4.95. The van der Waals surface area contributed by atoms with Crippen LogP contribution in [0.2, 0.25) is 0 Å². The van der Waals surface area contributed by atoms with Crippen LogP contribution >= 0.6 is 12.2 Å². The molecule has 1 heterocycles. The number of hydrogen-bond donors (Lipinski definition) is 3. The zero-order valence-corrected chi connectivity index (χ0v) is 13.3. The van der Waals surface area contributed by atoms with Crippen LogP contribution in [0.15, 0.2) is 47.3 Å². The van der Waals surface area contributed by atoms with E-state index in [2.05, 4.69) is 15.3 Å². The maximum atomic E-state index is 12.3. The van der Waals surface area contributed by atoms with Crippen LogP contribution in [0.3, 0.4) is 0 Å². The highest BCUT2D eigenvalue weighted by molar-refractivity contribution is 7.71. The number of benzene rings is 2. The van der Waals surface area contributed by atoms with Crippen molar-refractivity contribution in [1.82, 2.24) is 15.3 Å².